The molecule has 0 spiro atoms. The summed E-state index contributed by atoms with van der Waals surface area (Å²) in [6.07, 6.45) is -3.45. The average Bonchev–Trinajstić information content (AvgIpc) is 2.80. The molecule has 0 amide bonds. The van der Waals surface area contributed by atoms with Crippen molar-refractivity contribution in [3.63, 3.8) is 0 Å². The van der Waals surface area contributed by atoms with Crippen LogP contribution in [0.25, 0.3) is 0 Å². The Hall–Kier alpha value is -2.77. The van der Waals surface area contributed by atoms with E-state index in [0.717, 1.165) is 30.0 Å². The molecule has 0 aliphatic rings. The van der Waals surface area contributed by atoms with Crippen LogP contribution in [0.5, 0.6) is 5.75 Å². The Bertz CT molecular complexity index is 1080. The van der Waals surface area contributed by atoms with Gasteiger partial charge in [0.15, 0.2) is 0 Å². The van der Waals surface area contributed by atoms with Gasteiger partial charge in [0.2, 0.25) is 0 Å². The molecule has 3 aromatic rings. The first-order valence-electron chi connectivity index (χ1n) is 11.5. The number of hydrogen-bond donors (Lipinski definition) is 0. The number of hydrogen-bond acceptors (Lipinski definition) is 4. The van der Waals surface area contributed by atoms with Crippen LogP contribution < -0.4 is 4.74 Å². The lowest BCUT2D eigenvalue weighted by Gasteiger charge is -2.23. The van der Waals surface area contributed by atoms with Crippen LogP contribution in [0, 0.1) is 13.8 Å². The van der Waals surface area contributed by atoms with Gasteiger partial charge in [-0.15, -0.1) is 0 Å². The molecule has 0 N–H and O–H groups in total. The third-order valence-electron chi connectivity index (χ3n) is 5.54. The predicted octanol–water partition coefficient (Wildman–Crippen LogP) is 7.18. The lowest BCUT2D eigenvalue weighted by Crippen LogP contribution is -2.25. The van der Waals surface area contributed by atoms with E-state index in [1.165, 1.54) is 23.3 Å². The molecule has 0 bridgehead atoms. The standard InChI is InChI=1S/C28H30F3NO2S/c1-21-4-6-24(7-5-21)19-35-13-3-12-32(17-23-8-10-27(11-9-23)34-20-33)18-25-14-22(2)15-26(16-25)28(29,30)31/h4-11,14-16,20H,3,12-13,17-19H2,1-2H3. The van der Waals surface area contributed by atoms with E-state index in [2.05, 4.69) is 36.1 Å². The lowest BCUT2D eigenvalue weighted by molar-refractivity contribution is -0.137. The van der Waals surface area contributed by atoms with Crippen LogP contribution in [-0.4, -0.2) is 23.7 Å². The van der Waals surface area contributed by atoms with Gasteiger partial charge >= 0.3 is 6.18 Å². The number of nitrogens with zero attached hydrogens (tertiary/aromatic N) is 1. The summed E-state index contributed by atoms with van der Waals surface area (Å²) in [5.41, 5.74) is 4.15. The SMILES string of the molecule is Cc1ccc(CSCCCN(Cc2ccc(OC=O)cc2)Cc2cc(C)cc(C(F)(F)F)c2)cc1. The maximum absolute atomic E-state index is 13.3. The second kappa shape index (κ2) is 12.8. The van der Waals surface area contributed by atoms with Crippen molar-refractivity contribution >= 4 is 18.2 Å². The summed E-state index contributed by atoms with van der Waals surface area (Å²) in [4.78, 5) is 12.7. The second-order valence-corrected chi connectivity index (χ2v) is 9.77. The van der Waals surface area contributed by atoms with Gasteiger partial charge in [-0.05, 0) is 73.5 Å². The first-order chi connectivity index (χ1) is 16.7. The molecule has 7 heteroatoms. The topological polar surface area (TPSA) is 29.5 Å². The summed E-state index contributed by atoms with van der Waals surface area (Å²) >= 11 is 1.86. The van der Waals surface area contributed by atoms with E-state index in [9.17, 15) is 18.0 Å². The number of alkyl halides is 3. The third-order valence-corrected chi connectivity index (χ3v) is 6.65. The molecular formula is C28H30F3NO2S. The van der Waals surface area contributed by atoms with Gasteiger partial charge in [0.25, 0.3) is 6.47 Å². The minimum Gasteiger partial charge on any atom is -0.429 e. The highest BCUT2D eigenvalue weighted by Gasteiger charge is 2.31. The normalized spacial score (nSPS) is 11.6. The molecule has 3 aromatic carbocycles. The van der Waals surface area contributed by atoms with Crippen LogP contribution in [0.15, 0.2) is 66.7 Å². The quantitative estimate of drug-likeness (QED) is 0.194. The number of carbonyl (C=O) groups is 1. The Morgan fingerprint density at radius 2 is 1.51 bits per heavy atom. The van der Waals surface area contributed by atoms with E-state index in [1.54, 1.807) is 19.1 Å². The van der Waals surface area contributed by atoms with Gasteiger partial charge in [0, 0.05) is 18.8 Å². The Labute approximate surface area is 209 Å². The zero-order valence-corrected chi connectivity index (χ0v) is 20.8. The molecular weight excluding hydrogens is 471 g/mol. The summed E-state index contributed by atoms with van der Waals surface area (Å²) in [7, 11) is 0. The van der Waals surface area contributed by atoms with Crippen LogP contribution in [0.1, 0.15) is 39.8 Å². The van der Waals surface area contributed by atoms with Crippen molar-refractivity contribution < 1.29 is 22.7 Å². The zero-order chi connectivity index (χ0) is 25.3. The van der Waals surface area contributed by atoms with E-state index in [1.807, 2.05) is 30.0 Å². The Morgan fingerprint density at radius 3 is 2.17 bits per heavy atom. The van der Waals surface area contributed by atoms with Crippen LogP contribution in [-0.2, 0) is 29.8 Å². The fourth-order valence-electron chi connectivity index (χ4n) is 3.84. The number of carbonyl (C=O) groups excluding carboxylic acids is 1. The van der Waals surface area contributed by atoms with Crippen LogP contribution in [0.2, 0.25) is 0 Å². The highest BCUT2D eigenvalue weighted by atomic mass is 32.2. The lowest BCUT2D eigenvalue weighted by atomic mass is 10.1. The van der Waals surface area contributed by atoms with E-state index in [-0.39, 0.29) is 0 Å². The molecule has 35 heavy (non-hydrogen) atoms. The van der Waals surface area contributed by atoms with E-state index < -0.39 is 11.7 Å². The van der Waals surface area contributed by atoms with Crippen molar-refractivity contribution in [1.29, 1.82) is 0 Å². The Balaban J connectivity index is 1.64. The first-order valence-corrected chi connectivity index (χ1v) is 12.6. The number of ether oxygens (including phenoxy) is 1. The van der Waals surface area contributed by atoms with Gasteiger partial charge in [-0.2, -0.15) is 24.9 Å². The summed E-state index contributed by atoms with van der Waals surface area (Å²) < 4.78 is 44.8. The number of thioether (sulfide) groups is 1. The van der Waals surface area contributed by atoms with Crippen molar-refractivity contribution in [1.82, 2.24) is 4.90 Å². The molecule has 0 fully saturated rings. The molecule has 0 radical (unpaired) electrons. The number of rotatable bonds is 12. The van der Waals surface area contributed by atoms with Crippen molar-refractivity contribution in [2.24, 2.45) is 0 Å². The zero-order valence-electron chi connectivity index (χ0n) is 20.0. The molecule has 0 aliphatic carbocycles. The van der Waals surface area contributed by atoms with E-state index in [0.29, 0.717) is 36.4 Å². The molecule has 0 unspecified atom stereocenters. The first kappa shape index (κ1) is 26.8. The molecule has 3 nitrogen and oxygen atoms in total. The summed E-state index contributed by atoms with van der Waals surface area (Å²) in [5, 5.41) is 0. The van der Waals surface area contributed by atoms with Crippen molar-refractivity contribution in [2.45, 2.75) is 45.3 Å². The van der Waals surface area contributed by atoms with Gasteiger partial charge in [-0.25, -0.2) is 0 Å². The summed E-state index contributed by atoms with van der Waals surface area (Å²) in [6.45, 7) is 5.89. The van der Waals surface area contributed by atoms with Gasteiger partial charge in [-0.1, -0.05) is 53.6 Å². The molecule has 186 valence electrons. The molecule has 0 atom stereocenters. The van der Waals surface area contributed by atoms with E-state index >= 15 is 0 Å². The second-order valence-electron chi connectivity index (χ2n) is 8.67. The van der Waals surface area contributed by atoms with Crippen molar-refractivity contribution in [2.75, 3.05) is 12.3 Å². The molecule has 0 saturated heterocycles. The Morgan fingerprint density at radius 1 is 0.857 bits per heavy atom. The van der Waals surface area contributed by atoms with Crippen LogP contribution >= 0.6 is 11.8 Å². The molecule has 0 aliphatic heterocycles. The van der Waals surface area contributed by atoms with Gasteiger partial charge in [-0.3, -0.25) is 9.69 Å². The molecule has 0 heterocycles. The molecule has 3 rings (SSSR count). The van der Waals surface area contributed by atoms with Crippen molar-refractivity contribution in [3.05, 3.63) is 100 Å². The third kappa shape index (κ3) is 9.07. The monoisotopic (exact) mass is 501 g/mol. The fraction of sp³-hybridized carbons (Fsp3) is 0.321. The van der Waals surface area contributed by atoms with Crippen LogP contribution in [0.3, 0.4) is 0 Å². The number of benzene rings is 3. The molecule has 0 aromatic heterocycles. The molecule has 0 saturated carbocycles. The fourth-order valence-corrected chi connectivity index (χ4v) is 4.75. The maximum atomic E-state index is 13.3. The highest BCUT2D eigenvalue weighted by Crippen LogP contribution is 2.31. The van der Waals surface area contributed by atoms with Gasteiger partial charge in [0.1, 0.15) is 5.75 Å². The average molecular weight is 502 g/mol. The Kier molecular flexibility index (Phi) is 9.81. The van der Waals surface area contributed by atoms with Crippen molar-refractivity contribution in [3.8, 4) is 5.75 Å². The minimum absolute atomic E-state index is 0.381. The minimum atomic E-state index is -4.37. The van der Waals surface area contributed by atoms with Gasteiger partial charge < -0.3 is 4.74 Å². The maximum Gasteiger partial charge on any atom is 0.416 e. The van der Waals surface area contributed by atoms with Crippen LogP contribution in [0.4, 0.5) is 13.2 Å². The smallest absolute Gasteiger partial charge is 0.416 e. The number of aryl methyl sites for hydroxylation is 2. The highest BCUT2D eigenvalue weighted by molar-refractivity contribution is 7.98. The largest absolute Gasteiger partial charge is 0.429 e. The number of halogens is 3. The predicted molar refractivity (Wildman–Crippen MR) is 135 cm³/mol. The van der Waals surface area contributed by atoms with E-state index in [4.69, 9.17) is 4.74 Å². The van der Waals surface area contributed by atoms with Gasteiger partial charge in [0.05, 0.1) is 5.56 Å². The summed E-state index contributed by atoms with van der Waals surface area (Å²) in [5.74, 6) is 2.35. The summed E-state index contributed by atoms with van der Waals surface area (Å²) in [6, 6.07) is 19.9.